The quantitative estimate of drug-likeness (QED) is 0.732. The predicted molar refractivity (Wildman–Crippen MR) is 61.0 cm³/mol. The Labute approximate surface area is 98.8 Å². The molecule has 1 rings (SSSR count). The van der Waals surface area contributed by atoms with Gasteiger partial charge in [-0.2, -0.15) is 0 Å². The summed E-state index contributed by atoms with van der Waals surface area (Å²) in [5, 5.41) is 2.69. The molecule has 2 N–H and O–H groups in total. The molecule has 0 bridgehead atoms. The number of likely N-dealkylation sites (N-methyl/N-ethyl adjacent to an activating group) is 1. The first-order chi connectivity index (χ1) is 7.63. The third-order valence-corrected chi connectivity index (χ3v) is 2.29. The van der Waals surface area contributed by atoms with Crippen LogP contribution >= 0.6 is 11.6 Å². The van der Waals surface area contributed by atoms with Crippen molar-refractivity contribution in [2.45, 2.75) is 6.54 Å². The van der Waals surface area contributed by atoms with Crippen LogP contribution in [-0.4, -0.2) is 41.2 Å². The van der Waals surface area contributed by atoms with Gasteiger partial charge in [0, 0.05) is 18.9 Å². The van der Waals surface area contributed by atoms with Gasteiger partial charge in [0.25, 0.3) is 0 Å². The third-order valence-electron chi connectivity index (χ3n) is 2.06. The second kappa shape index (κ2) is 6.17. The van der Waals surface area contributed by atoms with Gasteiger partial charge >= 0.3 is 0 Å². The fourth-order valence-corrected chi connectivity index (χ4v) is 1.34. The second-order valence-corrected chi connectivity index (χ2v) is 3.62. The van der Waals surface area contributed by atoms with Crippen molar-refractivity contribution in [3.8, 4) is 0 Å². The van der Waals surface area contributed by atoms with Crippen molar-refractivity contribution in [1.82, 2.24) is 15.2 Å². The van der Waals surface area contributed by atoms with Crippen LogP contribution in [0.2, 0.25) is 0 Å². The van der Waals surface area contributed by atoms with E-state index in [-0.39, 0.29) is 24.2 Å². The molecule has 2 amide bonds. The van der Waals surface area contributed by atoms with E-state index in [1.165, 1.54) is 4.90 Å². The highest BCUT2D eigenvalue weighted by Crippen LogP contribution is 1.93. The van der Waals surface area contributed by atoms with Crippen molar-refractivity contribution in [3.63, 3.8) is 0 Å². The molecule has 16 heavy (non-hydrogen) atoms. The molecule has 1 heterocycles. The molecule has 0 radical (unpaired) electrons. The van der Waals surface area contributed by atoms with Crippen molar-refractivity contribution in [3.05, 3.63) is 24.0 Å². The predicted octanol–water partition coefficient (Wildman–Crippen LogP) is 0.328. The SMILES string of the molecule is CN(CC(=O)NCc1ccc[nH]1)C(=O)CCl. The van der Waals surface area contributed by atoms with Gasteiger partial charge in [-0.1, -0.05) is 0 Å². The maximum Gasteiger partial charge on any atom is 0.239 e. The minimum Gasteiger partial charge on any atom is -0.364 e. The zero-order chi connectivity index (χ0) is 12.0. The first-order valence-electron chi connectivity index (χ1n) is 4.82. The molecule has 0 aliphatic heterocycles. The molecule has 0 unspecified atom stereocenters. The van der Waals surface area contributed by atoms with Gasteiger partial charge in [0.05, 0.1) is 13.1 Å². The molecule has 0 aliphatic carbocycles. The lowest BCUT2D eigenvalue weighted by atomic mass is 10.4. The number of nitrogens with zero attached hydrogens (tertiary/aromatic N) is 1. The number of aromatic nitrogens is 1. The molecular weight excluding hydrogens is 230 g/mol. The summed E-state index contributed by atoms with van der Waals surface area (Å²) in [5.41, 5.74) is 0.916. The smallest absolute Gasteiger partial charge is 0.239 e. The average molecular weight is 244 g/mol. The minimum absolute atomic E-state index is 0.0201. The highest BCUT2D eigenvalue weighted by atomic mass is 35.5. The Morgan fingerprint density at radius 1 is 1.56 bits per heavy atom. The Morgan fingerprint density at radius 2 is 2.31 bits per heavy atom. The van der Waals surface area contributed by atoms with Gasteiger partial charge < -0.3 is 15.2 Å². The molecule has 6 heteroatoms. The number of hydrogen-bond donors (Lipinski definition) is 2. The molecule has 88 valence electrons. The Hall–Kier alpha value is -1.49. The van der Waals surface area contributed by atoms with Crippen LogP contribution in [0.3, 0.4) is 0 Å². The van der Waals surface area contributed by atoms with E-state index in [9.17, 15) is 9.59 Å². The van der Waals surface area contributed by atoms with Gasteiger partial charge in [-0.25, -0.2) is 0 Å². The lowest BCUT2D eigenvalue weighted by Crippen LogP contribution is -2.38. The summed E-state index contributed by atoms with van der Waals surface area (Å²) in [6.45, 7) is 0.445. The molecule has 0 atom stereocenters. The molecule has 0 fully saturated rings. The molecule has 5 nitrogen and oxygen atoms in total. The molecule has 0 aliphatic rings. The molecule has 0 aromatic carbocycles. The summed E-state index contributed by atoms with van der Waals surface area (Å²) in [6, 6.07) is 3.72. The van der Waals surface area contributed by atoms with Crippen LogP contribution in [-0.2, 0) is 16.1 Å². The van der Waals surface area contributed by atoms with E-state index in [4.69, 9.17) is 11.6 Å². The van der Waals surface area contributed by atoms with Gasteiger partial charge in [-0.05, 0) is 12.1 Å². The topological polar surface area (TPSA) is 65.2 Å². The van der Waals surface area contributed by atoms with Crippen molar-refractivity contribution >= 4 is 23.4 Å². The van der Waals surface area contributed by atoms with Crippen LogP contribution in [0.15, 0.2) is 18.3 Å². The van der Waals surface area contributed by atoms with E-state index in [1.54, 1.807) is 13.2 Å². The summed E-state index contributed by atoms with van der Waals surface area (Å²) >= 11 is 5.36. The van der Waals surface area contributed by atoms with Crippen molar-refractivity contribution in [1.29, 1.82) is 0 Å². The summed E-state index contributed by atoms with van der Waals surface area (Å²) in [4.78, 5) is 26.7. The zero-order valence-electron chi connectivity index (χ0n) is 9.00. The van der Waals surface area contributed by atoms with Crippen LogP contribution in [0, 0.1) is 0 Å². The maximum atomic E-state index is 11.4. The number of alkyl halides is 1. The Balaban J connectivity index is 2.28. The molecule has 1 aromatic rings. The van der Waals surface area contributed by atoms with Crippen LogP contribution < -0.4 is 5.32 Å². The van der Waals surface area contributed by atoms with Crippen LogP contribution in [0.5, 0.6) is 0 Å². The normalized spacial score (nSPS) is 9.88. The number of carbonyl (C=O) groups excluding carboxylic acids is 2. The highest BCUT2D eigenvalue weighted by Gasteiger charge is 2.11. The number of amides is 2. The number of nitrogens with one attached hydrogen (secondary N) is 2. The van der Waals surface area contributed by atoms with Crippen molar-refractivity contribution in [2.24, 2.45) is 0 Å². The van der Waals surface area contributed by atoms with E-state index in [2.05, 4.69) is 10.3 Å². The zero-order valence-corrected chi connectivity index (χ0v) is 9.75. The second-order valence-electron chi connectivity index (χ2n) is 3.36. The Kier molecular flexibility index (Phi) is 4.85. The lowest BCUT2D eigenvalue weighted by Gasteiger charge is -2.14. The largest absolute Gasteiger partial charge is 0.364 e. The molecular formula is C10H14ClN3O2. The van der Waals surface area contributed by atoms with Gasteiger partial charge in [0.1, 0.15) is 5.88 Å². The summed E-state index contributed by atoms with van der Waals surface area (Å²) < 4.78 is 0. The fraction of sp³-hybridized carbons (Fsp3) is 0.400. The fourth-order valence-electron chi connectivity index (χ4n) is 1.13. The van der Waals surface area contributed by atoms with Crippen LogP contribution in [0.25, 0.3) is 0 Å². The monoisotopic (exact) mass is 243 g/mol. The number of rotatable bonds is 5. The molecule has 0 saturated carbocycles. The Bertz CT molecular complexity index is 351. The van der Waals surface area contributed by atoms with Gasteiger partial charge in [0.2, 0.25) is 11.8 Å². The highest BCUT2D eigenvalue weighted by molar-refractivity contribution is 6.27. The van der Waals surface area contributed by atoms with E-state index >= 15 is 0 Å². The van der Waals surface area contributed by atoms with Crippen LogP contribution in [0.4, 0.5) is 0 Å². The number of carbonyl (C=O) groups is 2. The minimum atomic E-state index is -0.267. The first-order valence-corrected chi connectivity index (χ1v) is 5.36. The van der Waals surface area contributed by atoms with Gasteiger partial charge in [0.15, 0.2) is 0 Å². The van der Waals surface area contributed by atoms with Gasteiger partial charge in [-0.15, -0.1) is 11.6 Å². The van der Waals surface area contributed by atoms with Crippen molar-refractivity contribution in [2.75, 3.05) is 19.5 Å². The molecule has 0 spiro atoms. The Morgan fingerprint density at radius 3 is 2.88 bits per heavy atom. The van der Waals surface area contributed by atoms with E-state index < -0.39 is 0 Å². The summed E-state index contributed by atoms with van der Waals surface area (Å²) in [5.74, 6) is -0.590. The lowest BCUT2D eigenvalue weighted by molar-refractivity contribution is -0.132. The van der Waals surface area contributed by atoms with E-state index in [0.717, 1.165) is 5.69 Å². The molecule has 0 saturated heterocycles. The summed E-state index contributed by atoms with van der Waals surface area (Å²) in [6.07, 6.45) is 1.78. The van der Waals surface area contributed by atoms with E-state index in [1.807, 2.05) is 12.1 Å². The average Bonchev–Trinajstić information content (AvgIpc) is 2.78. The van der Waals surface area contributed by atoms with Crippen molar-refractivity contribution < 1.29 is 9.59 Å². The number of aromatic amines is 1. The number of halogens is 1. The standard InChI is InChI=1S/C10H14ClN3O2/c1-14(10(16)5-11)7-9(15)13-6-8-3-2-4-12-8/h2-4,12H,5-7H2,1H3,(H,13,15). The van der Waals surface area contributed by atoms with E-state index in [0.29, 0.717) is 6.54 Å². The van der Waals surface area contributed by atoms with Gasteiger partial charge in [-0.3, -0.25) is 9.59 Å². The first kappa shape index (κ1) is 12.6. The van der Waals surface area contributed by atoms with Crippen LogP contribution in [0.1, 0.15) is 5.69 Å². The third kappa shape index (κ3) is 3.94. The molecule has 1 aromatic heterocycles. The number of hydrogen-bond acceptors (Lipinski definition) is 2. The summed E-state index contributed by atoms with van der Waals surface area (Å²) in [7, 11) is 1.54. The maximum absolute atomic E-state index is 11.4. The number of H-pyrrole nitrogens is 1.